The first-order chi connectivity index (χ1) is 14.8. The maximum Gasteiger partial charge on any atom is 0.351 e. The summed E-state index contributed by atoms with van der Waals surface area (Å²) in [6.07, 6.45) is 2.96. The Bertz CT molecular complexity index is 1330. The molecule has 4 aromatic rings. The van der Waals surface area contributed by atoms with E-state index in [0.717, 1.165) is 32.6 Å². The number of amides is 1. The van der Waals surface area contributed by atoms with Crippen molar-refractivity contribution in [2.75, 3.05) is 5.32 Å². The number of carbonyl (C=O) groups is 1. The molecule has 0 fully saturated rings. The van der Waals surface area contributed by atoms with Crippen molar-refractivity contribution in [3.8, 4) is 11.6 Å². The lowest BCUT2D eigenvalue weighted by molar-refractivity contribution is -0.117. The fourth-order valence-corrected chi connectivity index (χ4v) is 3.57. The van der Waals surface area contributed by atoms with Gasteiger partial charge < -0.3 is 10.1 Å². The molecule has 0 aliphatic rings. The summed E-state index contributed by atoms with van der Waals surface area (Å²) in [5.41, 5.74) is 4.52. The normalized spacial score (nSPS) is 11.0. The standard InChI is InChI=1S/C23H23N5O3/c1-14-11-16(3)20(17(4)12-14)25-19(29)13-28-23(30)27-10-9-24-22(21(27)26-28)31-18-8-6-5-7-15(18)2/h5-12H,13H2,1-4H3,(H,25,29). The molecule has 2 aromatic heterocycles. The molecule has 0 aliphatic heterocycles. The van der Waals surface area contributed by atoms with Crippen LogP contribution in [-0.4, -0.2) is 25.1 Å². The van der Waals surface area contributed by atoms with Gasteiger partial charge >= 0.3 is 5.69 Å². The van der Waals surface area contributed by atoms with Crippen LogP contribution in [0, 0.1) is 27.7 Å². The Hall–Kier alpha value is -3.94. The van der Waals surface area contributed by atoms with E-state index in [1.807, 2.05) is 64.1 Å². The first-order valence-corrected chi connectivity index (χ1v) is 9.89. The van der Waals surface area contributed by atoms with Crippen molar-refractivity contribution in [1.29, 1.82) is 0 Å². The van der Waals surface area contributed by atoms with Gasteiger partial charge in [0, 0.05) is 18.1 Å². The highest BCUT2D eigenvalue weighted by Crippen LogP contribution is 2.25. The second-order valence-electron chi connectivity index (χ2n) is 7.56. The molecule has 4 rings (SSSR count). The van der Waals surface area contributed by atoms with Crippen LogP contribution in [0.15, 0.2) is 53.6 Å². The summed E-state index contributed by atoms with van der Waals surface area (Å²) in [5.74, 6) is 0.473. The second-order valence-corrected chi connectivity index (χ2v) is 7.56. The summed E-state index contributed by atoms with van der Waals surface area (Å²) in [6, 6.07) is 11.5. The lowest BCUT2D eigenvalue weighted by atomic mass is 10.1. The Morgan fingerprint density at radius 2 is 1.77 bits per heavy atom. The van der Waals surface area contributed by atoms with E-state index in [1.165, 1.54) is 16.8 Å². The van der Waals surface area contributed by atoms with E-state index in [-0.39, 0.29) is 24.0 Å². The van der Waals surface area contributed by atoms with Crippen LogP contribution in [0.5, 0.6) is 11.6 Å². The zero-order chi connectivity index (χ0) is 22.1. The van der Waals surface area contributed by atoms with Crippen molar-refractivity contribution in [1.82, 2.24) is 19.2 Å². The maximum absolute atomic E-state index is 12.8. The van der Waals surface area contributed by atoms with Crippen LogP contribution in [0.4, 0.5) is 5.69 Å². The number of hydrogen-bond acceptors (Lipinski definition) is 5. The van der Waals surface area contributed by atoms with Gasteiger partial charge in [-0.1, -0.05) is 35.9 Å². The summed E-state index contributed by atoms with van der Waals surface area (Å²) in [4.78, 5) is 29.6. The minimum atomic E-state index is -0.445. The highest BCUT2D eigenvalue weighted by atomic mass is 16.5. The predicted octanol–water partition coefficient (Wildman–Crippen LogP) is 3.56. The van der Waals surface area contributed by atoms with Crippen molar-refractivity contribution in [2.45, 2.75) is 34.2 Å². The number of aromatic nitrogens is 4. The lowest BCUT2D eigenvalue weighted by Crippen LogP contribution is -2.28. The molecular weight excluding hydrogens is 394 g/mol. The third kappa shape index (κ3) is 4.05. The molecule has 0 saturated heterocycles. The summed E-state index contributed by atoms with van der Waals surface area (Å²) in [7, 11) is 0. The van der Waals surface area contributed by atoms with Gasteiger partial charge in [-0.15, -0.1) is 5.10 Å². The van der Waals surface area contributed by atoms with Crippen molar-refractivity contribution < 1.29 is 9.53 Å². The van der Waals surface area contributed by atoms with E-state index in [0.29, 0.717) is 5.75 Å². The van der Waals surface area contributed by atoms with Crippen molar-refractivity contribution in [3.05, 3.63) is 81.5 Å². The number of carbonyl (C=O) groups excluding carboxylic acids is 1. The quantitative estimate of drug-likeness (QED) is 0.536. The third-order valence-electron chi connectivity index (χ3n) is 5.00. The summed E-state index contributed by atoms with van der Waals surface area (Å²) >= 11 is 0. The lowest BCUT2D eigenvalue weighted by Gasteiger charge is -2.12. The number of benzene rings is 2. The van der Waals surface area contributed by atoms with Gasteiger partial charge in [0.1, 0.15) is 12.3 Å². The number of ether oxygens (including phenoxy) is 1. The van der Waals surface area contributed by atoms with Gasteiger partial charge in [0.05, 0.1) is 0 Å². The fourth-order valence-electron chi connectivity index (χ4n) is 3.57. The molecule has 31 heavy (non-hydrogen) atoms. The number of hydrogen-bond donors (Lipinski definition) is 1. The predicted molar refractivity (Wildman–Crippen MR) is 118 cm³/mol. The molecule has 0 bridgehead atoms. The van der Waals surface area contributed by atoms with E-state index in [2.05, 4.69) is 15.4 Å². The molecule has 8 heteroatoms. The number of aryl methyl sites for hydroxylation is 4. The molecule has 0 atom stereocenters. The van der Waals surface area contributed by atoms with Gasteiger partial charge in [-0.3, -0.25) is 4.79 Å². The fraction of sp³-hybridized carbons (Fsp3) is 0.217. The number of anilines is 1. The van der Waals surface area contributed by atoms with Crippen LogP contribution in [0.3, 0.4) is 0 Å². The molecule has 1 amide bonds. The van der Waals surface area contributed by atoms with Gasteiger partial charge in [-0.25, -0.2) is 18.9 Å². The molecule has 2 heterocycles. The summed E-state index contributed by atoms with van der Waals surface area (Å²) in [5, 5.41) is 7.19. The number of nitrogens with one attached hydrogen (secondary N) is 1. The Kier molecular flexibility index (Phi) is 5.29. The van der Waals surface area contributed by atoms with Crippen molar-refractivity contribution >= 4 is 17.2 Å². The zero-order valence-corrected chi connectivity index (χ0v) is 17.8. The highest BCUT2D eigenvalue weighted by molar-refractivity contribution is 5.92. The molecule has 158 valence electrons. The third-order valence-corrected chi connectivity index (χ3v) is 5.00. The molecule has 8 nitrogen and oxygen atoms in total. The Morgan fingerprint density at radius 3 is 2.48 bits per heavy atom. The maximum atomic E-state index is 12.8. The molecule has 0 spiro atoms. The second kappa shape index (κ2) is 8.06. The monoisotopic (exact) mass is 417 g/mol. The molecule has 1 N–H and O–H groups in total. The van der Waals surface area contributed by atoms with Crippen LogP contribution < -0.4 is 15.7 Å². The molecule has 0 saturated carbocycles. The molecule has 0 radical (unpaired) electrons. The van der Waals surface area contributed by atoms with Crippen LogP contribution >= 0.6 is 0 Å². The van der Waals surface area contributed by atoms with E-state index < -0.39 is 5.69 Å². The molecule has 2 aromatic carbocycles. The Labute approximate surface area is 179 Å². The SMILES string of the molecule is Cc1cc(C)c(NC(=O)Cn2nc3c(Oc4ccccc4C)nccn3c2=O)c(C)c1. The molecule has 0 aliphatic carbocycles. The minimum absolute atomic E-state index is 0.193. The van der Waals surface area contributed by atoms with Crippen LogP contribution in [-0.2, 0) is 11.3 Å². The zero-order valence-electron chi connectivity index (χ0n) is 17.8. The van der Waals surface area contributed by atoms with E-state index in [4.69, 9.17) is 4.74 Å². The van der Waals surface area contributed by atoms with Gasteiger partial charge in [-0.05, 0) is 50.5 Å². The molecule has 0 unspecified atom stereocenters. The Balaban J connectivity index is 1.62. The number of fused-ring (bicyclic) bond motifs is 1. The minimum Gasteiger partial charge on any atom is -0.436 e. The van der Waals surface area contributed by atoms with Gasteiger partial charge in [0.15, 0.2) is 0 Å². The Morgan fingerprint density at radius 1 is 1.06 bits per heavy atom. The van der Waals surface area contributed by atoms with Gasteiger partial charge in [0.25, 0.3) is 5.88 Å². The summed E-state index contributed by atoms with van der Waals surface area (Å²) in [6.45, 7) is 7.57. The van der Waals surface area contributed by atoms with Crippen molar-refractivity contribution in [3.63, 3.8) is 0 Å². The number of rotatable bonds is 5. The largest absolute Gasteiger partial charge is 0.436 e. The van der Waals surface area contributed by atoms with Crippen molar-refractivity contribution in [2.24, 2.45) is 0 Å². The highest BCUT2D eigenvalue weighted by Gasteiger charge is 2.17. The topological polar surface area (TPSA) is 90.5 Å². The van der Waals surface area contributed by atoms with E-state index >= 15 is 0 Å². The summed E-state index contributed by atoms with van der Waals surface area (Å²) < 4.78 is 8.31. The van der Waals surface area contributed by atoms with Crippen LogP contribution in [0.25, 0.3) is 5.65 Å². The van der Waals surface area contributed by atoms with Crippen LogP contribution in [0.2, 0.25) is 0 Å². The van der Waals surface area contributed by atoms with Gasteiger partial charge in [-0.2, -0.15) is 0 Å². The van der Waals surface area contributed by atoms with Gasteiger partial charge in [0.2, 0.25) is 11.6 Å². The number of nitrogens with zero attached hydrogens (tertiary/aromatic N) is 4. The average Bonchev–Trinajstić information content (AvgIpc) is 3.03. The smallest absolute Gasteiger partial charge is 0.351 e. The van der Waals surface area contributed by atoms with E-state index in [9.17, 15) is 9.59 Å². The van der Waals surface area contributed by atoms with Crippen LogP contribution in [0.1, 0.15) is 22.3 Å². The number of para-hydroxylation sites is 1. The average molecular weight is 417 g/mol. The first-order valence-electron chi connectivity index (χ1n) is 9.89. The molecular formula is C23H23N5O3. The van der Waals surface area contributed by atoms with E-state index in [1.54, 1.807) is 0 Å². The first kappa shape index (κ1) is 20.3.